The summed E-state index contributed by atoms with van der Waals surface area (Å²) >= 11 is 0. The molecule has 0 saturated heterocycles. The van der Waals surface area contributed by atoms with Crippen molar-refractivity contribution in [1.82, 2.24) is 0 Å². The minimum atomic E-state index is 0.129. The van der Waals surface area contributed by atoms with Gasteiger partial charge in [-0.15, -0.1) is 0 Å². The van der Waals surface area contributed by atoms with E-state index in [1.165, 1.54) is 16.8 Å². The quantitative estimate of drug-likeness (QED) is 0.368. The van der Waals surface area contributed by atoms with E-state index in [9.17, 15) is 0 Å². The number of aryl methyl sites for hydroxylation is 1. The average molecular weight is 443 g/mol. The number of aliphatic imine (C=N–C) groups is 1. The van der Waals surface area contributed by atoms with Gasteiger partial charge >= 0.3 is 0 Å². The number of anilines is 1. The van der Waals surface area contributed by atoms with Gasteiger partial charge in [-0.1, -0.05) is 24.6 Å². The van der Waals surface area contributed by atoms with Gasteiger partial charge in [-0.2, -0.15) is 0 Å². The fourth-order valence-corrected chi connectivity index (χ4v) is 4.89. The van der Waals surface area contributed by atoms with Crippen LogP contribution in [-0.4, -0.2) is 25.4 Å². The number of hydrogen-bond donors (Lipinski definition) is 0. The normalized spacial score (nSPS) is 17.2. The fourth-order valence-electron chi connectivity index (χ4n) is 4.89. The molecule has 3 aromatic carbocycles. The Morgan fingerprint density at radius 1 is 1.03 bits per heavy atom. The van der Waals surface area contributed by atoms with Gasteiger partial charge in [0, 0.05) is 35.6 Å². The molecule has 0 fully saturated rings. The smallest absolute Gasteiger partial charge is 0.129 e. The van der Waals surface area contributed by atoms with E-state index < -0.39 is 0 Å². The van der Waals surface area contributed by atoms with E-state index in [2.05, 4.69) is 51.7 Å². The van der Waals surface area contributed by atoms with Crippen LogP contribution in [-0.2, 0) is 0 Å². The number of nitrogens with zero attached hydrogens (tertiary/aromatic N) is 2. The number of rotatable bonds is 6. The summed E-state index contributed by atoms with van der Waals surface area (Å²) in [6.45, 7) is 12.2. The lowest BCUT2D eigenvalue weighted by Gasteiger charge is -2.47. The van der Waals surface area contributed by atoms with Gasteiger partial charge in [0.05, 0.1) is 12.8 Å². The van der Waals surface area contributed by atoms with E-state index >= 15 is 0 Å². The first kappa shape index (κ1) is 22.9. The zero-order valence-corrected chi connectivity index (χ0v) is 20.6. The van der Waals surface area contributed by atoms with Gasteiger partial charge in [0.1, 0.15) is 17.2 Å². The second-order valence-electron chi connectivity index (χ2n) is 9.48. The van der Waals surface area contributed by atoms with Crippen LogP contribution in [0.5, 0.6) is 17.2 Å². The van der Waals surface area contributed by atoms with E-state index in [0.717, 1.165) is 41.5 Å². The molecule has 1 unspecified atom stereocenters. The third kappa shape index (κ3) is 4.90. The maximum absolute atomic E-state index is 5.92. The van der Waals surface area contributed by atoms with E-state index in [0.29, 0.717) is 5.92 Å². The summed E-state index contributed by atoms with van der Waals surface area (Å²) in [5.41, 5.74) is 5.84. The highest BCUT2D eigenvalue weighted by molar-refractivity contribution is 5.88. The van der Waals surface area contributed by atoms with E-state index in [-0.39, 0.29) is 5.54 Å². The van der Waals surface area contributed by atoms with Crippen molar-refractivity contribution in [3.05, 3.63) is 77.4 Å². The molecule has 4 rings (SSSR count). The van der Waals surface area contributed by atoms with Crippen LogP contribution in [0.1, 0.15) is 56.7 Å². The van der Waals surface area contributed by atoms with Gasteiger partial charge in [-0.3, -0.25) is 4.99 Å². The predicted molar refractivity (Wildman–Crippen MR) is 138 cm³/mol. The standard InChI is InChI=1S/C29H34N2O2/c1-7-31-27-17-28(32-6)22(16-26(27)21(3)18-29(31,4)5)19-30-23-10-14-25(15-11-23)33-24-12-8-20(2)9-13-24/h8-17,19,21H,7,18H2,1-6H3. The molecule has 0 N–H and O–H groups in total. The minimum Gasteiger partial charge on any atom is -0.496 e. The van der Waals surface area contributed by atoms with Crippen LogP contribution in [0.25, 0.3) is 0 Å². The molecule has 0 amide bonds. The first-order chi connectivity index (χ1) is 15.8. The van der Waals surface area contributed by atoms with Gasteiger partial charge in [0.15, 0.2) is 0 Å². The first-order valence-electron chi connectivity index (χ1n) is 11.7. The van der Waals surface area contributed by atoms with E-state index in [4.69, 9.17) is 14.5 Å². The van der Waals surface area contributed by atoms with Crippen molar-refractivity contribution < 1.29 is 9.47 Å². The Morgan fingerprint density at radius 3 is 2.27 bits per heavy atom. The average Bonchev–Trinajstić information content (AvgIpc) is 2.79. The van der Waals surface area contributed by atoms with Crippen LogP contribution >= 0.6 is 0 Å². The molecule has 0 saturated carbocycles. The summed E-state index contributed by atoms with van der Waals surface area (Å²) in [4.78, 5) is 7.20. The van der Waals surface area contributed by atoms with Crippen LogP contribution in [0.2, 0.25) is 0 Å². The Kier molecular flexibility index (Phi) is 6.46. The molecule has 4 heteroatoms. The zero-order chi connectivity index (χ0) is 23.6. The monoisotopic (exact) mass is 442 g/mol. The molecule has 1 aliphatic heterocycles. The maximum atomic E-state index is 5.92. The molecule has 0 aliphatic carbocycles. The summed E-state index contributed by atoms with van der Waals surface area (Å²) in [7, 11) is 1.73. The van der Waals surface area contributed by atoms with Crippen LogP contribution in [0.15, 0.2) is 65.7 Å². The van der Waals surface area contributed by atoms with Gasteiger partial charge in [-0.25, -0.2) is 0 Å². The van der Waals surface area contributed by atoms with Crippen LogP contribution in [0.4, 0.5) is 11.4 Å². The van der Waals surface area contributed by atoms with Crippen molar-refractivity contribution in [2.24, 2.45) is 4.99 Å². The molecule has 172 valence electrons. The van der Waals surface area contributed by atoms with Crippen molar-refractivity contribution >= 4 is 17.6 Å². The number of benzene rings is 3. The number of hydrogen-bond acceptors (Lipinski definition) is 4. The topological polar surface area (TPSA) is 34.1 Å². The predicted octanol–water partition coefficient (Wildman–Crippen LogP) is 7.66. The number of methoxy groups -OCH3 is 1. The molecule has 0 bridgehead atoms. The highest BCUT2D eigenvalue weighted by Gasteiger charge is 2.36. The largest absolute Gasteiger partial charge is 0.496 e. The highest BCUT2D eigenvalue weighted by Crippen LogP contribution is 2.45. The van der Waals surface area contributed by atoms with Gasteiger partial charge < -0.3 is 14.4 Å². The molecular formula is C29H34N2O2. The molecule has 0 radical (unpaired) electrons. The number of fused-ring (bicyclic) bond motifs is 1. The van der Waals surface area contributed by atoms with Gasteiger partial charge in [0.25, 0.3) is 0 Å². The Hall–Kier alpha value is -3.27. The Morgan fingerprint density at radius 2 is 1.67 bits per heavy atom. The Balaban J connectivity index is 1.57. The molecular weight excluding hydrogens is 408 g/mol. The fraction of sp³-hybridized carbons (Fsp3) is 0.345. The van der Waals surface area contributed by atoms with Gasteiger partial charge in [-0.05, 0) is 88.1 Å². The molecule has 1 aliphatic rings. The summed E-state index contributed by atoms with van der Waals surface area (Å²) in [6.07, 6.45) is 3.02. The second-order valence-corrected chi connectivity index (χ2v) is 9.48. The van der Waals surface area contributed by atoms with Gasteiger partial charge in [0.2, 0.25) is 0 Å². The third-order valence-corrected chi connectivity index (χ3v) is 6.50. The molecule has 3 aromatic rings. The summed E-state index contributed by atoms with van der Waals surface area (Å²) < 4.78 is 11.7. The van der Waals surface area contributed by atoms with Crippen molar-refractivity contribution in [2.45, 2.75) is 52.5 Å². The van der Waals surface area contributed by atoms with Crippen LogP contribution in [0, 0.1) is 6.92 Å². The van der Waals surface area contributed by atoms with Crippen molar-refractivity contribution in [2.75, 3.05) is 18.6 Å². The lowest BCUT2D eigenvalue weighted by Crippen LogP contribution is -2.48. The molecule has 0 aromatic heterocycles. The van der Waals surface area contributed by atoms with E-state index in [1.54, 1.807) is 7.11 Å². The lowest BCUT2D eigenvalue weighted by atomic mass is 9.79. The van der Waals surface area contributed by atoms with Crippen molar-refractivity contribution in [3.63, 3.8) is 0 Å². The molecule has 1 atom stereocenters. The third-order valence-electron chi connectivity index (χ3n) is 6.50. The van der Waals surface area contributed by atoms with Crippen LogP contribution in [0.3, 0.4) is 0 Å². The minimum absolute atomic E-state index is 0.129. The highest BCUT2D eigenvalue weighted by atomic mass is 16.5. The Labute approximate surface area is 197 Å². The van der Waals surface area contributed by atoms with Crippen LogP contribution < -0.4 is 14.4 Å². The molecule has 0 spiro atoms. The van der Waals surface area contributed by atoms with Crippen molar-refractivity contribution in [3.8, 4) is 17.2 Å². The summed E-state index contributed by atoms with van der Waals surface area (Å²) in [5, 5.41) is 0. The second kappa shape index (κ2) is 9.30. The summed E-state index contributed by atoms with van der Waals surface area (Å²) in [5.74, 6) is 2.95. The zero-order valence-electron chi connectivity index (χ0n) is 20.6. The first-order valence-corrected chi connectivity index (χ1v) is 11.7. The number of ether oxygens (including phenoxy) is 2. The molecule has 4 nitrogen and oxygen atoms in total. The Bertz CT molecular complexity index is 1130. The lowest BCUT2D eigenvalue weighted by molar-refractivity contribution is 0.377. The van der Waals surface area contributed by atoms with E-state index in [1.807, 2.05) is 54.7 Å². The summed E-state index contributed by atoms with van der Waals surface area (Å²) in [6, 6.07) is 20.3. The van der Waals surface area contributed by atoms with Crippen molar-refractivity contribution in [1.29, 1.82) is 0 Å². The maximum Gasteiger partial charge on any atom is 0.129 e. The SMILES string of the molecule is CCN1c2cc(OC)c(C=Nc3ccc(Oc4ccc(C)cc4)cc3)cc2C(C)CC1(C)C. The molecule has 33 heavy (non-hydrogen) atoms. The molecule has 1 heterocycles.